The maximum Gasteiger partial charge on any atom is 0.217 e. The Morgan fingerprint density at radius 3 is 2.00 bits per heavy atom. The largest absolute Gasteiger partial charge is 0.350 e. The standard InChI is InChI=1S/C15H18.C10H13NO.C2H6/c1-12(2)7-8-13-9-10-14-5-3-4-6-15(14)11-13;1-8(11-9(2)12)10-6-4-3-5-7-10;1-2/h3-6,9-12H,7-8H2,1-2H3;3-8H,1-2H3,(H,11,12);1-2H3. The highest BCUT2D eigenvalue weighted by Crippen LogP contribution is 2.17. The summed E-state index contributed by atoms with van der Waals surface area (Å²) in [6.45, 7) is 12.1. The average Bonchev–Trinajstić information content (AvgIpc) is 2.74. The van der Waals surface area contributed by atoms with E-state index in [4.69, 9.17) is 0 Å². The van der Waals surface area contributed by atoms with Crippen LogP contribution in [0.1, 0.15) is 65.1 Å². The molecule has 0 heterocycles. The number of aryl methyl sites for hydroxylation is 1. The van der Waals surface area contributed by atoms with Crippen molar-refractivity contribution >= 4 is 16.7 Å². The summed E-state index contributed by atoms with van der Waals surface area (Å²) < 4.78 is 0. The fraction of sp³-hybridized carbons (Fsp3) is 0.370. The van der Waals surface area contributed by atoms with Crippen molar-refractivity contribution in [3.63, 3.8) is 0 Å². The molecule has 3 rings (SSSR count). The molecule has 1 unspecified atom stereocenters. The number of hydrogen-bond acceptors (Lipinski definition) is 1. The Morgan fingerprint density at radius 1 is 0.828 bits per heavy atom. The lowest BCUT2D eigenvalue weighted by atomic mass is 10.00. The van der Waals surface area contributed by atoms with Crippen molar-refractivity contribution < 1.29 is 4.79 Å². The summed E-state index contributed by atoms with van der Waals surface area (Å²) in [5.74, 6) is 0.794. The van der Waals surface area contributed by atoms with Crippen molar-refractivity contribution in [2.24, 2.45) is 5.92 Å². The Bertz CT molecular complexity index is 839. The molecular formula is C27H37NO. The van der Waals surface area contributed by atoms with Gasteiger partial charge in [0.05, 0.1) is 6.04 Å². The Kier molecular flexibility index (Phi) is 11.4. The van der Waals surface area contributed by atoms with E-state index in [2.05, 4.69) is 61.6 Å². The molecule has 3 aromatic carbocycles. The topological polar surface area (TPSA) is 29.1 Å². The van der Waals surface area contributed by atoms with E-state index in [0.717, 1.165) is 11.5 Å². The molecule has 0 saturated heterocycles. The second-order valence-electron chi connectivity index (χ2n) is 7.45. The minimum absolute atomic E-state index is 0.00588. The lowest BCUT2D eigenvalue weighted by Crippen LogP contribution is -2.23. The van der Waals surface area contributed by atoms with E-state index in [1.54, 1.807) is 0 Å². The molecule has 2 nitrogen and oxygen atoms in total. The maximum atomic E-state index is 10.7. The van der Waals surface area contributed by atoms with E-state index in [-0.39, 0.29) is 11.9 Å². The summed E-state index contributed by atoms with van der Waals surface area (Å²) in [6, 6.07) is 25.4. The molecule has 0 aromatic heterocycles. The SMILES string of the molecule is CC.CC(=O)NC(C)c1ccccc1.CC(C)CCc1ccc2ccccc2c1. The van der Waals surface area contributed by atoms with Crippen LogP contribution >= 0.6 is 0 Å². The van der Waals surface area contributed by atoms with Gasteiger partial charge in [0.2, 0.25) is 5.91 Å². The van der Waals surface area contributed by atoms with Gasteiger partial charge in [-0.3, -0.25) is 4.79 Å². The maximum absolute atomic E-state index is 10.7. The number of carbonyl (C=O) groups is 1. The number of nitrogens with one attached hydrogen (secondary N) is 1. The van der Waals surface area contributed by atoms with Crippen molar-refractivity contribution in [2.75, 3.05) is 0 Å². The summed E-state index contributed by atoms with van der Waals surface area (Å²) >= 11 is 0. The molecule has 0 aliphatic carbocycles. The zero-order valence-electron chi connectivity index (χ0n) is 18.9. The first-order valence-electron chi connectivity index (χ1n) is 10.8. The highest BCUT2D eigenvalue weighted by Gasteiger charge is 2.04. The fourth-order valence-corrected chi connectivity index (χ4v) is 2.98. The van der Waals surface area contributed by atoms with Crippen molar-refractivity contribution in [3.8, 4) is 0 Å². The van der Waals surface area contributed by atoms with E-state index in [9.17, 15) is 4.79 Å². The zero-order chi connectivity index (χ0) is 21.6. The Balaban J connectivity index is 0.000000273. The summed E-state index contributed by atoms with van der Waals surface area (Å²) in [5, 5.41) is 5.52. The van der Waals surface area contributed by atoms with Gasteiger partial charge in [-0.05, 0) is 47.6 Å². The van der Waals surface area contributed by atoms with Gasteiger partial charge in [0.1, 0.15) is 0 Å². The van der Waals surface area contributed by atoms with E-state index < -0.39 is 0 Å². The fourth-order valence-electron chi connectivity index (χ4n) is 2.98. The van der Waals surface area contributed by atoms with Crippen LogP contribution in [0.25, 0.3) is 10.8 Å². The molecule has 29 heavy (non-hydrogen) atoms. The lowest BCUT2D eigenvalue weighted by molar-refractivity contribution is -0.119. The predicted octanol–water partition coefficient (Wildman–Crippen LogP) is 7.34. The second-order valence-corrected chi connectivity index (χ2v) is 7.45. The Morgan fingerprint density at radius 2 is 1.41 bits per heavy atom. The molecule has 1 N–H and O–H groups in total. The van der Waals surface area contributed by atoms with Gasteiger partial charge in [0.15, 0.2) is 0 Å². The van der Waals surface area contributed by atoms with Crippen molar-refractivity contribution in [1.29, 1.82) is 0 Å². The molecule has 1 amide bonds. The third-order valence-electron chi connectivity index (χ3n) is 4.54. The zero-order valence-corrected chi connectivity index (χ0v) is 18.9. The van der Waals surface area contributed by atoms with Crippen molar-refractivity contribution in [2.45, 2.75) is 60.4 Å². The minimum Gasteiger partial charge on any atom is -0.350 e. The van der Waals surface area contributed by atoms with E-state index in [1.807, 2.05) is 51.1 Å². The molecule has 0 spiro atoms. The van der Waals surface area contributed by atoms with Crippen molar-refractivity contribution in [3.05, 3.63) is 83.9 Å². The monoisotopic (exact) mass is 391 g/mol. The molecule has 0 aliphatic heterocycles. The molecule has 0 aliphatic rings. The number of rotatable bonds is 5. The molecule has 156 valence electrons. The van der Waals surface area contributed by atoms with Crippen LogP contribution < -0.4 is 5.32 Å². The quantitative estimate of drug-likeness (QED) is 0.484. The summed E-state index contributed by atoms with van der Waals surface area (Å²) in [4.78, 5) is 10.7. The molecule has 0 bridgehead atoms. The van der Waals surface area contributed by atoms with Gasteiger partial charge in [-0.2, -0.15) is 0 Å². The van der Waals surface area contributed by atoms with Crippen LogP contribution in [0.4, 0.5) is 0 Å². The van der Waals surface area contributed by atoms with Crippen LogP contribution in [0.3, 0.4) is 0 Å². The first kappa shape index (κ1) is 24.4. The van der Waals surface area contributed by atoms with Crippen LogP contribution in [-0.4, -0.2) is 5.91 Å². The highest BCUT2D eigenvalue weighted by atomic mass is 16.1. The normalized spacial score (nSPS) is 11.0. The van der Waals surface area contributed by atoms with E-state index in [1.165, 1.54) is 36.1 Å². The van der Waals surface area contributed by atoms with Gasteiger partial charge in [-0.25, -0.2) is 0 Å². The number of carbonyl (C=O) groups excluding carboxylic acids is 1. The summed E-state index contributed by atoms with van der Waals surface area (Å²) in [7, 11) is 0. The summed E-state index contributed by atoms with van der Waals surface area (Å²) in [5.41, 5.74) is 2.59. The molecular weight excluding hydrogens is 354 g/mol. The molecule has 2 heteroatoms. The van der Waals surface area contributed by atoms with Crippen LogP contribution in [0.2, 0.25) is 0 Å². The van der Waals surface area contributed by atoms with E-state index >= 15 is 0 Å². The van der Waals surface area contributed by atoms with Crippen LogP contribution in [-0.2, 0) is 11.2 Å². The number of benzene rings is 3. The van der Waals surface area contributed by atoms with Gasteiger partial charge in [-0.15, -0.1) is 0 Å². The molecule has 0 fully saturated rings. The van der Waals surface area contributed by atoms with Crippen molar-refractivity contribution in [1.82, 2.24) is 5.32 Å². The Hall–Kier alpha value is -2.61. The van der Waals surface area contributed by atoms with Gasteiger partial charge in [0.25, 0.3) is 0 Å². The van der Waals surface area contributed by atoms with Gasteiger partial charge in [-0.1, -0.05) is 100 Å². The number of fused-ring (bicyclic) bond motifs is 1. The number of hydrogen-bond donors (Lipinski definition) is 1. The smallest absolute Gasteiger partial charge is 0.217 e. The number of amides is 1. The first-order valence-corrected chi connectivity index (χ1v) is 10.8. The third kappa shape index (κ3) is 9.43. The third-order valence-corrected chi connectivity index (χ3v) is 4.54. The van der Waals surface area contributed by atoms with Crippen LogP contribution in [0.5, 0.6) is 0 Å². The van der Waals surface area contributed by atoms with Gasteiger partial charge in [0, 0.05) is 6.92 Å². The van der Waals surface area contributed by atoms with Gasteiger partial charge < -0.3 is 5.32 Å². The molecule has 1 atom stereocenters. The van der Waals surface area contributed by atoms with Crippen LogP contribution in [0.15, 0.2) is 72.8 Å². The molecule has 3 aromatic rings. The highest BCUT2D eigenvalue weighted by molar-refractivity contribution is 5.82. The predicted molar refractivity (Wildman–Crippen MR) is 127 cm³/mol. The van der Waals surface area contributed by atoms with E-state index in [0.29, 0.717) is 0 Å². The Labute approximate surface area is 177 Å². The average molecular weight is 392 g/mol. The summed E-state index contributed by atoms with van der Waals surface area (Å²) in [6.07, 6.45) is 2.47. The minimum atomic E-state index is 0.00588. The lowest BCUT2D eigenvalue weighted by Gasteiger charge is -2.11. The van der Waals surface area contributed by atoms with Gasteiger partial charge >= 0.3 is 0 Å². The van der Waals surface area contributed by atoms with Crippen LogP contribution in [0, 0.1) is 5.92 Å². The molecule has 0 radical (unpaired) electrons. The first-order chi connectivity index (χ1) is 14.0. The molecule has 0 saturated carbocycles. The second kappa shape index (κ2) is 13.5.